The van der Waals surface area contributed by atoms with Gasteiger partial charge in [0.25, 0.3) is 5.91 Å². The van der Waals surface area contributed by atoms with Crippen LogP contribution in [0.15, 0.2) is 77.7 Å². The number of ether oxygens (including phenoxy) is 1. The van der Waals surface area contributed by atoms with Crippen LogP contribution in [0.1, 0.15) is 10.4 Å². The third-order valence-corrected chi connectivity index (χ3v) is 5.87. The molecule has 8 heteroatoms. The van der Waals surface area contributed by atoms with Crippen molar-refractivity contribution in [2.75, 3.05) is 19.4 Å². The second-order valence-electron chi connectivity index (χ2n) is 6.33. The molecule has 3 aromatic rings. The molecule has 0 saturated carbocycles. The molecule has 1 N–H and O–H groups in total. The molecule has 3 aromatic carbocycles. The number of benzene rings is 3. The Morgan fingerprint density at radius 3 is 2.17 bits per heavy atom. The van der Waals surface area contributed by atoms with Gasteiger partial charge in [0, 0.05) is 25.3 Å². The Balaban J connectivity index is 1.75. The predicted molar refractivity (Wildman–Crippen MR) is 108 cm³/mol. The van der Waals surface area contributed by atoms with E-state index in [1.54, 1.807) is 24.3 Å². The molecule has 1 amide bonds. The van der Waals surface area contributed by atoms with Crippen LogP contribution in [-0.4, -0.2) is 32.7 Å². The lowest BCUT2D eigenvalue weighted by Crippen LogP contribution is -2.24. The Morgan fingerprint density at radius 1 is 0.931 bits per heavy atom. The van der Waals surface area contributed by atoms with Gasteiger partial charge in [-0.1, -0.05) is 18.2 Å². The number of carbonyl (C=O) groups is 1. The van der Waals surface area contributed by atoms with E-state index in [2.05, 4.69) is 5.32 Å². The Morgan fingerprint density at radius 2 is 1.55 bits per heavy atom. The average Bonchev–Trinajstić information content (AvgIpc) is 2.70. The molecule has 0 fully saturated rings. The van der Waals surface area contributed by atoms with Crippen molar-refractivity contribution in [1.82, 2.24) is 4.31 Å². The Bertz CT molecular complexity index is 1120. The fourth-order valence-electron chi connectivity index (χ4n) is 2.47. The lowest BCUT2D eigenvalue weighted by Gasteiger charge is -2.13. The molecule has 0 radical (unpaired) electrons. The minimum absolute atomic E-state index is 0.0245. The number of hydrogen-bond acceptors (Lipinski definition) is 4. The van der Waals surface area contributed by atoms with Crippen molar-refractivity contribution in [3.8, 4) is 11.5 Å². The summed E-state index contributed by atoms with van der Waals surface area (Å²) in [6.45, 7) is 0. The molecule has 0 aliphatic heterocycles. The number of rotatable bonds is 6. The van der Waals surface area contributed by atoms with E-state index in [0.717, 1.165) is 16.4 Å². The highest BCUT2D eigenvalue weighted by Gasteiger charge is 2.23. The zero-order valence-corrected chi connectivity index (χ0v) is 16.6. The molecule has 6 nitrogen and oxygen atoms in total. The van der Waals surface area contributed by atoms with Gasteiger partial charge in [0.05, 0.1) is 0 Å². The van der Waals surface area contributed by atoms with E-state index in [4.69, 9.17) is 4.74 Å². The molecule has 150 valence electrons. The fraction of sp³-hybridized carbons (Fsp3) is 0.0952. The van der Waals surface area contributed by atoms with Crippen LogP contribution >= 0.6 is 0 Å². The smallest absolute Gasteiger partial charge is 0.255 e. The summed E-state index contributed by atoms with van der Waals surface area (Å²) in [5, 5.41) is 2.65. The van der Waals surface area contributed by atoms with Gasteiger partial charge in [0.15, 0.2) is 0 Å². The third-order valence-electron chi connectivity index (χ3n) is 4.04. The molecule has 0 aromatic heterocycles. The molecule has 0 spiro atoms. The van der Waals surface area contributed by atoms with Crippen LogP contribution in [0.3, 0.4) is 0 Å². The van der Waals surface area contributed by atoms with E-state index in [9.17, 15) is 17.6 Å². The summed E-state index contributed by atoms with van der Waals surface area (Å²) in [5.41, 5.74) is 0.508. The van der Waals surface area contributed by atoms with Crippen molar-refractivity contribution in [1.29, 1.82) is 0 Å². The van der Waals surface area contributed by atoms with Crippen molar-refractivity contribution in [3.63, 3.8) is 0 Å². The van der Waals surface area contributed by atoms with Crippen LogP contribution in [0.2, 0.25) is 0 Å². The Kier molecular flexibility index (Phi) is 5.95. The van der Waals surface area contributed by atoms with Gasteiger partial charge in [-0.05, 0) is 54.6 Å². The topological polar surface area (TPSA) is 75.7 Å². The average molecular weight is 414 g/mol. The number of anilines is 1. The second-order valence-corrected chi connectivity index (χ2v) is 8.45. The van der Waals surface area contributed by atoms with Gasteiger partial charge in [-0.3, -0.25) is 4.79 Å². The summed E-state index contributed by atoms with van der Waals surface area (Å²) in [7, 11) is -1.43. The molecule has 0 heterocycles. The van der Waals surface area contributed by atoms with Crippen LogP contribution < -0.4 is 10.1 Å². The summed E-state index contributed by atoms with van der Waals surface area (Å²) in [5.74, 6) is -0.199. The molecule has 0 unspecified atom stereocenters. The van der Waals surface area contributed by atoms with Crippen molar-refractivity contribution < 1.29 is 22.3 Å². The van der Waals surface area contributed by atoms with Gasteiger partial charge in [0.2, 0.25) is 10.0 Å². The highest BCUT2D eigenvalue weighted by Crippen LogP contribution is 2.24. The van der Waals surface area contributed by atoms with Crippen LogP contribution in [0.5, 0.6) is 11.5 Å². The second kappa shape index (κ2) is 8.42. The van der Waals surface area contributed by atoms with Gasteiger partial charge in [-0.25, -0.2) is 17.1 Å². The highest BCUT2D eigenvalue weighted by molar-refractivity contribution is 7.89. The van der Waals surface area contributed by atoms with E-state index >= 15 is 0 Å². The first-order chi connectivity index (χ1) is 13.8. The highest BCUT2D eigenvalue weighted by atomic mass is 32.2. The lowest BCUT2D eigenvalue weighted by atomic mass is 10.2. The number of nitrogens with zero attached hydrogens (tertiary/aromatic N) is 1. The first-order valence-corrected chi connectivity index (χ1v) is 10.1. The maximum atomic E-state index is 14.0. The van der Waals surface area contributed by atoms with Gasteiger partial charge in [0.1, 0.15) is 22.2 Å². The number of amides is 1. The maximum absolute atomic E-state index is 14.0. The molecule has 0 aliphatic carbocycles. The number of hydrogen-bond donors (Lipinski definition) is 1. The largest absolute Gasteiger partial charge is 0.457 e. The molecule has 0 bridgehead atoms. The van der Waals surface area contributed by atoms with Gasteiger partial charge >= 0.3 is 0 Å². The molecule has 0 atom stereocenters. The van der Waals surface area contributed by atoms with Crippen molar-refractivity contribution in [2.45, 2.75) is 4.90 Å². The van der Waals surface area contributed by atoms with Crippen LogP contribution in [0.4, 0.5) is 10.1 Å². The minimum Gasteiger partial charge on any atom is -0.457 e. The summed E-state index contributed by atoms with van der Waals surface area (Å²) in [6, 6.07) is 19.1. The lowest BCUT2D eigenvalue weighted by molar-refractivity contribution is 0.102. The third kappa shape index (κ3) is 4.79. The number of carbonyl (C=O) groups excluding carboxylic acids is 1. The summed E-state index contributed by atoms with van der Waals surface area (Å²) < 4.78 is 45.0. The summed E-state index contributed by atoms with van der Waals surface area (Å²) in [4.78, 5) is 11.9. The van der Waals surface area contributed by atoms with E-state index < -0.39 is 26.6 Å². The van der Waals surface area contributed by atoms with Gasteiger partial charge in [-0.15, -0.1) is 0 Å². The zero-order chi connectivity index (χ0) is 21.0. The first-order valence-electron chi connectivity index (χ1n) is 8.64. The fourth-order valence-corrected chi connectivity index (χ4v) is 3.46. The molecule has 0 saturated heterocycles. The number of para-hydroxylation sites is 1. The summed E-state index contributed by atoms with van der Waals surface area (Å²) in [6.07, 6.45) is 0. The van der Waals surface area contributed by atoms with Crippen molar-refractivity contribution >= 4 is 21.6 Å². The normalized spacial score (nSPS) is 11.3. The van der Waals surface area contributed by atoms with E-state index in [-0.39, 0.29) is 5.56 Å². The quantitative estimate of drug-likeness (QED) is 0.658. The van der Waals surface area contributed by atoms with Crippen LogP contribution in [-0.2, 0) is 10.0 Å². The van der Waals surface area contributed by atoms with Gasteiger partial charge in [-0.2, -0.15) is 0 Å². The maximum Gasteiger partial charge on any atom is 0.255 e. The van der Waals surface area contributed by atoms with Crippen LogP contribution in [0.25, 0.3) is 0 Å². The van der Waals surface area contributed by atoms with E-state index in [1.165, 1.54) is 20.2 Å². The van der Waals surface area contributed by atoms with Crippen molar-refractivity contribution in [3.05, 3.63) is 84.2 Å². The van der Waals surface area contributed by atoms with E-state index in [0.29, 0.717) is 17.2 Å². The number of halogens is 1. The molecule has 0 aliphatic rings. The molecule has 29 heavy (non-hydrogen) atoms. The van der Waals surface area contributed by atoms with Gasteiger partial charge < -0.3 is 10.1 Å². The Hall–Kier alpha value is -3.23. The molecular weight excluding hydrogens is 395 g/mol. The standard InChI is InChI=1S/C21H19FN2O4S/c1-24(2)29(26,27)20-14-15(8-13-19(20)22)21(25)23-16-9-11-18(12-10-16)28-17-6-4-3-5-7-17/h3-14H,1-2H3,(H,23,25). The Labute approximate surface area is 168 Å². The predicted octanol–water partition coefficient (Wildman–Crippen LogP) is 4.12. The monoisotopic (exact) mass is 414 g/mol. The minimum atomic E-state index is -4.01. The number of nitrogens with one attached hydrogen (secondary N) is 1. The molecule has 3 rings (SSSR count). The zero-order valence-electron chi connectivity index (χ0n) is 15.8. The van der Waals surface area contributed by atoms with E-state index in [1.807, 2.05) is 30.3 Å². The SMILES string of the molecule is CN(C)S(=O)(=O)c1cc(C(=O)Nc2ccc(Oc3ccccc3)cc2)ccc1F. The summed E-state index contributed by atoms with van der Waals surface area (Å²) >= 11 is 0. The number of sulfonamides is 1. The first kappa shape index (κ1) is 20.5. The molecular formula is C21H19FN2O4S. The van der Waals surface area contributed by atoms with Crippen LogP contribution in [0, 0.1) is 5.82 Å². The van der Waals surface area contributed by atoms with Crippen molar-refractivity contribution in [2.24, 2.45) is 0 Å².